The lowest BCUT2D eigenvalue weighted by Crippen LogP contribution is -2.18. The van der Waals surface area contributed by atoms with E-state index in [-0.39, 0.29) is 12.2 Å². The number of rotatable bonds is 0. The van der Waals surface area contributed by atoms with Crippen molar-refractivity contribution in [3.63, 3.8) is 0 Å². The molecule has 98 valence electrons. The standard InChI is InChI=1S/C7H13NO.C6H11NO/c1-8-4-6(9)7(5-8)2-3-7;8-5-3-7-4-6(5)1-2-6/h6,9H,2-5H2,1H3;5,7-8H,1-4H2. The third-order valence-corrected chi connectivity index (χ3v) is 5.08. The highest BCUT2D eigenvalue weighted by Gasteiger charge is 2.53. The number of hydrogen-bond acceptors (Lipinski definition) is 4. The lowest BCUT2D eigenvalue weighted by atomic mass is 10.0. The molecule has 2 unspecified atom stereocenters. The molecule has 4 fully saturated rings. The summed E-state index contributed by atoms with van der Waals surface area (Å²) in [6.07, 6.45) is 4.91. The van der Waals surface area contributed by atoms with Gasteiger partial charge in [-0.1, -0.05) is 0 Å². The molecule has 4 heteroatoms. The van der Waals surface area contributed by atoms with Crippen LogP contribution in [-0.2, 0) is 0 Å². The van der Waals surface area contributed by atoms with E-state index < -0.39 is 0 Å². The molecule has 4 rings (SSSR count). The Labute approximate surface area is 103 Å². The quantitative estimate of drug-likeness (QED) is 0.549. The molecule has 2 saturated heterocycles. The van der Waals surface area contributed by atoms with Crippen molar-refractivity contribution in [2.24, 2.45) is 10.8 Å². The molecule has 3 N–H and O–H groups in total. The minimum atomic E-state index is -0.0394. The van der Waals surface area contributed by atoms with Gasteiger partial charge in [0.15, 0.2) is 0 Å². The van der Waals surface area contributed by atoms with Crippen LogP contribution in [0.4, 0.5) is 0 Å². The number of likely N-dealkylation sites (N-methyl/N-ethyl adjacent to an activating group) is 1. The van der Waals surface area contributed by atoms with Gasteiger partial charge in [-0.3, -0.25) is 0 Å². The number of aliphatic hydroxyl groups is 2. The fourth-order valence-corrected chi connectivity index (χ4v) is 3.31. The Morgan fingerprint density at radius 1 is 1.06 bits per heavy atom. The van der Waals surface area contributed by atoms with Crippen molar-refractivity contribution >= 4 is 0 Å². The topological polar surface area (TPSA) is 55.7 Å². The Balaban J connectivity index is 0.000000107. The Morgan fingerprint density at radius 2 is 1.71 bits per heavy atom. The van der Waals surface area contributed by atoms with E-state index in [4.69, 9.17) is 0 Å². The highest BCUT2D eigenvalue weighted by atomic mass is 16.3. The molecule has 2 spiro atoms. The minimum absolute atomic E-state index is 0.0255. The molecule has 4 nitrogen and oxygen atoms in total. The molecule has 2 aliphatic heterocycles. The van der Waals surface area contributed by atoms with Crippen LogP contribution in [0.5, 0.6) is 0 Å². The predicted octanol–water partition coefficient (Wildman–Crippen LogP) is -0.196. The lowest BCUT2D eigenvalue weighted by molar-refractivity contribution is 0.132. The fourth-order valence-electron chi connectivity index (χ4n) is 3.31. The fraction of sp³-hybridized carbons (Fsp3) is 1.00. The number of hydrogen-bond donors (Lipinski definition) is 3. The van der Waals surface area contributed by atoms with Crippen LogP contribution >= 0.6 is 0 Å². The summed E-state index contributed by atoms with van der Waals surface area (Å²) >= 11 is 0. The van der Waals surface area contributed by atoms with Crippen LogP contribution in [0.3, 0.4) is 0 Å². The first kappa shape index (κ1) is 11.9. The summed E-state index contributed by atoms with van der Waals surface area (Å²) < 4.78 is 0. The zero-order valence-corrected chi connectivity index (χ0v) is 10.7. The van der Waals surface area contributed by atoms with Crippen LogP contribution in [0.1, 0.15) is 25.7 Å². The molecule has 4 aliphatic rings. The number of β-amino-alcohol motifs (C(OH)–C–C–N with tert-alkyl or cyclic N) is 2. The summed E-state index contributed by atoms with van der Waals surface area (Å²) in [7, 11) is 2.08. The smallest absolute Gasteiger partial charge is 0.0735 e. The molecular formula is C13H24N2O2. The van der Waals surface area contributed by atoms with Crippen molar-refractivity contribution in [2.75, 3.05) is 33.2 Å². The molecule has 2 aliphatic carbocycles. The molecule has 0 aromatic heterocycles. The number of likely N-dealkylation sites (tertiary alicyclic amines) is 1. The van der Waals surface area contributed by atoms with Gasteiger partial charge in [0.2, 0.25) is 0 Å². The molecule has 2 saturated carbocycles. The van der Waals surface area contributed by atoms with E-state index >= 15 is 0 Å². The average molecular weight is 240 g/mol. The van der Waals surface area contributed by atoms with Crippen molar-refractivity contribution in [3.05, 3.63) is 0 Å². The molecular weight excluding hydrogens is 216 g/mol. The normalized spacial score (nSPS) is 40.4. The molecule has 0 aromatic rings. The van der Waals surface area contributed by atoms with Gasteiger partial charge in [0.1, 0.15) is 0 Å². The van der Waals surface area contributed by atoms with Gasteiger partial charge in [0.05, 0.1) is 12.2 Å². The van der Waals surface area contributed by atoms with Crippen molar-refractivity contribution < 1.29 is 10.2 Å². The highest BCUT2D eigenvalue weighted by Crippen LogP contribution is 2.52. The van der Waals surface area contributed by atoms with Crippen molar-refractivity contribution in [2.45, 2.75) is 37.9 Å². The van der Waals surface area contributed by atoms with Crippen molar-refractivity contribution in [3.8, 4) is 0 Å². The van der Waals surface area contributed by atoms with E-state index in [1.165, 1.54) is 25.7 Å². The summed E-state index contributed by atoms with van der Waals surface area (Å²) in [6.45, 7) is 3.88. The summed E-state index contributed by atoms with van der Waals surface area (Å²) in [5.41, 5.74) is 0.703. The second-order valence-electron chi connectivity index (χ2n) is 6.58. The van der Waals surface area contributed by atoms with Crippen LogP contribution in [0, 0.1) is 10.8 Å². The first-order chi connectivity index (χ1) is 8.06. The number of nitrogens with one attached hydrogen (secondary N) is 1. The summed E-state index contributed by atoms with van der Waals surface area (Å²) in [6, 6.07) is 0. The van der Waals surface area contributed by atoms with Crippen LogP contribution in [0.2, 0.25) is 0 Å². The average Bonchev–Trinajstić information content (AvgIpc) is 3.12. The van der Waals surface area contributed by atoms with Gasteiger partial charge in [-0.05, 0) is 32.7 Å². The molecule has 0 radical (unpaired) electrons. The first-order valence-corrected chi connectivity index (χ1v) is 6.82. The zero-order valence-electron chi connectivity index (χ0n) is 10.7. The third kappa shape index (κ3) is 2.12. The number of nitrogens with zero attached hydrogens (tertiary/aromatic N) is 1. The molecule has 0 amide bonds. The predicted molar refractivity (Wildman–Crippen MR) is 65.7 cm³/mol. The molecule has 2 heterocycles. The van der Waals surface area contributed by atoms with Gasteiger partial charge < -0.3 is 20.4 Å². The molecule has 0 bridgehead atoms. The SMILES string of the molecule is CN1CC(O)C2(CC2)C1.OC1CNCC12CC2. The zero-order chi connectivity index (χ0) is 12.1. The van der Waals surface area contributed by atoms with E-state index in [0.717, 1.165) is 26.2 Å². The summed E-state index contributed by atoms with van der Waals surface area (Å²) in [4.78, 5) is 2.22. The van der Waals surface area contributed by atoms with E-state index in [1.807, 2.05) is 0 Å². The lowest BCUT2D eigenvalue weighted by Gasteiger charge is -2.07. The first-order valence-electron chi connectivity index (χ1n) is 6.82. The van der Waals surface area contributed by atoms with Gasteiger partial charge in [-0.15, -0.1) is 0 Å². The van der Waals surface area contributed by atoms with Crippen molar-refractivity contribution in [1.82, 2.24) is 10.2 Å². The van der Waals surface area contributed by atoms with Crippen LogP contribution in [0.25, 0.3) is 0 Å². The second-order valence-corrected chi connectivity index (χ2v) is 6.58. The Morgan fingerprint density at radius 3 is 1.94 bits per heavy atom. The van der Waals surface area contributed by atoms with Crippen molar-refractivity contribution in [1.29, 1.82) is 0 Å². The Bertz CT molecular complexity index is 300. The highest BCUT2D eigenvalue weighted by molar-refractivity contribution is 5.06. The van der Waals surface area contributed by atoms with E-state index in [9.17, 15) is 10.2 Å². The maximum absolute atomic E-state index is 9.45. The second kappa shape index (κ2) is 3.92. The van der Waals surface area contributed by atoms with Crippen LogP contribution < -0.4 is 5.32 Å². The van der Waals surface area contributed by atoms with E-state index in [0.29, 0.717) is 10.8 Å². The van der Waals surface area contributed by atoms with Crippen LogP contribution in [-0.4, -0.2) is 60.5 Å². The van der Waals surface area contributed by atoms with Gasteiger partial charge in [-0.25, -0.2) is 0 Å². The van der Waals surface area contributed by atoms with Gasteiger partial charge in [0.25, 0.3) is 0 Å². The Kier molecular flexibility index (Phi) is 2.74. The summed E-state index contributed by atoms with van der Waals surface area (Å²) in [5, 5.41) is 21.9. The summed E-state index contributed by atoms with van der Waals surface area (Å²) in [5.74, 6) is 0. The maximum Gasteiger partial charge on any atom is 0.0735 e. The van der Waals surface area contributed by atoms with Gasteiger partial charge >= 0.3 is 0 Å². The maximum atomic E-state index is 9.45. The number of aliphatic hydroxyl groups excluding tert-OH is 2. The molecule has 2 atom stereocenters. The Hall–Kier alpha value is -0.160. The largest absolute Gasteiger partial charge is 0.391 e. The van der Waals surface area contributed by atoms with Crippen LogP contribution in [0.15, 0.2) is 0 Å². The molecule has 0 aromatic carbocycles. The monoisotopic (exact) mass is 240 g/mol. The third-order valence-electron chi connectivity index (χ3n) is 5.08. The van der Waals surface area contributed by atoms with E-state index in [2.05, 4.69) is 17.3 Å². The minimum Gasteiger partial charge on any atom is -0.391 e. The van der Waals surface area contributed by atoms with Gasteiger partial charge in [-0.2, -0.15) is 0 Å². The van der Waals surface area contributed by atoms with E-state index in [1.54, 1.807) is 0 Å². The van der Waals surface area contributed by atoms with Gasteiger partial charge in [0, 0.05) is 37.0 Å². The molecule has 17 heavy (non-hydrogen) atoms.